The van der Waals surface area contributed by atoms with Gasteiger partial charge in [0.05, 0.1) is 6.10 Å². The van der Waals surface area contributed by atoms with Crippen molar-refractivity contribution in [1.29, 1.82) is 0 Å². The van der Waals surface area contributed by atoms with Gasteiger partial charge in [0.15, 0.2) is 0 Å². The van der Waals surface area contributed by atoms with Gasteiger partial charge < -0.3 is 5.11 Å². The largest absolute Gasteiger partial charge is 0.392 e. The molecular formula is C18H34O. The lowest BCUT2D eigenvalue weighted by molar-refractivity contribution is -0.0498. The van der Waals surface area contributed by atoms with E-state index in [0.29, 0.717) is 11.8 Å². The third kappa shape index (κ3) is 3.35. The first kappa shape index (κ1) is 15.4. The van der Waals surface area contributed by atoms with Crippen LogP contribution in [0.2, 0.25) is 0 Å². The number of hydrogen-bond acceptors (Lipinski definition) is 1. The van der Waals surface area contributed by atoms with Crippen molar-refractivity contribution in [2.75, 3.05) is 0 Å². The first-order valence-electron chi connectivity index (χ1n) is 8.62. The monoisotopic (exact) mass is 266 g/mol. The summed E-state index contributed by atoms with van der Waals surface area (Å²) in [5.41, 5.74) is 0.263. The van der Waals surface area contributed by atoms with E-state index in [1.165, 1.54) is 51.4 Å². The van der Waals surface area contributed by atoms with Crippen molar-refractivity contribution in [3.05, 3.63) is 0 Å². The maximum atomic E-state index is 11.1. The molecule has 0 aromatic rings. The molecule has 1 N–H and O–H groups in total. The standard InChI is InChI=1S/C18H34O/c1-13(2)12-18(9-5-6-10-18)17(19)16-8-7-14(3)15(4)11-16/h13-17,19H,5-12H2,1-4H3. The number of aliphatic hydroxyl groups excluding tert-OH is 1. The Balaban J connectivity index is 2.05. The van der Waals surface area contributed by atoms with E-state index in [1.54, 1.807) is 0 Å². The Morgan fingerprint density at radius 2 is 1.68 bits per heavy atom. The van der Waals surface area contributed by atoms with Gasteiger partial charge in [0.1, 0.15) is 0 Å². The molecule has 0 aromatic carbocycles. The van der Waals surface area contributed by atoms with E-state index in [-0.39, 0.29) is 11.5 Å². The summed E-state index contributed by atoms with van der Waals surface area (Å²) in [6.07, 6.45) is 10.2. The molecule has 0 aliphatic heterocycles. The van der Waals surface area contributed by atoms with Crippen molar-refractivity contribution in [1.82, 2.24) is 0 Å². The molecule has 2 aliphatic rings. The minimum atomic E-state index is -0.0349. The molecule has 0 heterocycles. The van der Waals surface area contributed by atoms with Crippen LogP contribution in [-0.2, 0) is 0 Å². The molecule has 0 bridgehead atoms. The molecule has 0 radical (unpaired) electrons. The molecule has 4 atom stereocenters. The zero-order valence-electron chi connectivity index (χ0n) is 13.5. The number of aliphatic hydroxyl groups is 1. The van der Waals surface area contributed by atoms with Crippen molar-refractivity contribution in [2.24, 2.45) is 29.1 Å². The topological polar surface area (TPSA) is 20.2 Å². The van der Waals surface area contributed by atoms with Crippen molar-refractivity contribution in [3.63, 3.8) is 0 Å². The van der Waals surface area contributed by atoms with Crippen LogP contribution in [0.1, 0.15) is 79.1 Å². The van der Waals surface area contributed by atoms with Gasteiger partial charge in [-0.15, -0.1) is 0 Å². The van der Waals surface area contributed by atoms with E-state index in [2.05, 4.69) is 27.7 Å². The summed E-state index contributed by atoms with van der Waals surface area (Å²) in [6.45, 7) is 9.40. The summed E-state index contributed by atoms with van der Waals surface area (Å²) < 4.78 is 0. The summed E-state index contributed by atoms with van der Waals surface area (Å²) >= 11 is 0. The van der Waals surface area contributed by atoms with E-state index in [9.17, 15) is 5.11 Å². The van der Waals surface area contributed by atoms with Crippen molar-refractivity contribution < 1.29 is 5.11 Å². The van der Waals surface area contributed by atoms with E-state index in [0.717, 1.165) is 11.8 Å². The highest BCUT2D eigenvalue weighted by Gasteiger charge is 2.45. The first-order chi connectivity index (χ1) is 8.94. The van der Waals surface area contributed by atoms with Gasteiger partial charge >= 0.3 is 0 Å². The molecule has 2 aliphatic carbocycles. The molecule has 0 aromatic heterocycles. The fourth-order valence-corrected chi connectivity index (χ4v) is 4.89. The Morgan fingerprint density at radius 1 is 1.05 bits per heavy atom. The second-order valence-corrected chi connectivity index (χ2v) is 8.14. The predicted octanol–water partition coefficient (Wildman–Crippen LogP) is 5.03. The molecule has 0 amide bonds. The summed E-state index contributed by atoms with van der Waals surface area (Å²) in [5.74, 6) is 2.94. The highest BCUT2D eigenvalue weighted by atomic mass is 16.3. The number of rotatable bonds is 4. The molecule has 0 saturated heterocycles. The minimum Gasteiger partial charge on any atom is -0.392 e. The van der Waals surface area contributed by atoms with Crippen LogP contribution >= 0.6 is 0 Å². The highest BCUT2D eigenvalue weighted by molar-refractivity contribution is 4.95. The molecule has 19 heavy (non-hydrogen) atoms. The Labute approximate surface area is 120 Å². The smallest absolute Gasteiger partial charge is 0.0624 e. The van der Waals surface area contributed by atoms with Gasteiger partial charge in [-0.1, -0.05) is 47.0 Å². The van der Waals surface area contributed by atoms with Gasteiger partial charge in [-0.25, -0.2) is 0 Å². The molecule has 4 unspecified atom stereocenters. The molecule has 112 valence electrons. The molecule has 1 heteroatoms. The Kier molecular flexibility index (Phi) is 4.98. The Bertz CT molecular complexity index is 277. The summed E-state index contributed by atoms with van der Waals surface area (Å²) in [7, 11) is 0. The van der Waals surface area contributed by atoms with Crippen LogP contribution in [0.5, 0.6) is 0 Å². The van der Waals surface area contributed by atoms with Crippen molar-refractivity contribution in [3.8, 4) is 0 Å². The zero-order valence-corrected chi connectivity index (χ0v) is 13.5. The van der Waals surface area contributed by atoms with Gasteiger partial charge in [0.25, 0.3) is 0 Å². The summed E-state index contributed by atoms with van der Waals surface area (Å²) in [4.78, 5) is 0. The SMILES string of the molecule is CC(C)CC1(C(O)C2CCC(C)C(C)C2)CCCC1. The molecule has 2 fully saturated rings. The quantitative estimate of drug-likeness (QED) is 0.757. The van der Waals surface area contributed by atoms with E-state index in [1.807, 2.05) is 0 Å². The fraction of sp³-hybridized carbons (Fsp3) is 1.00. The second-order valence-electron chi connectivity index (χ2n) is 8.14. The van der Waals surface area contributed by atoms with Crippen LogP contribution in [-0.4, -0.2) is 11.2 Å². The molecule has 0 spiro atoms. The third-order valence-electron chi connectivity index (χ3n) is 6.13. The van der Waals surface area contributed by atoms with Crippen LogP contribution in [0.3, 0.4) is 0 Å². The van der Waals surface area contributed by atoms with E-state index >= 15 is 0 Å². The average Bonchev–Trinajstić information content (AvgIpc) is 2.80. The predicted molar refractivity (Wildman–Crippen MR) is 82.0 cm³/mol. The molecule has 2 saturated carbocycles. The lowest BCUT2D eigenvalue weighted by Crippen LogP contribution is -2.42. The van der Waals surface area contributed by atoms with Crippen LogP contribution in [0.15, 0.2) is 0 Å². The van der Waals surface area contributed by atoms with Gasteiger partial charge in [-0.3, -0.25) is 0 Å². The van der Waals surface area contributed by atoms with Crippen LogP contribution in [0.25, 0.3) is 0 Å². The van der Waals surface area contributed by atoms with Crippen LogP contribution in [0.4, 0.5) is 0 Å². The summed E-state index contributed by atoms with van der Waals surface area (Å²) in [6, 6.07) is 0. The van der Waals surface area contributed by atoms with Crippen molar-refractivity contribution >= 4 is 0 Å². The number of hydrogen-bond donors (Lipinski definition) is 1. The van der Waals surface area contributed by atoms with E-state index in [4.69, 9.17) is 0 Å². The van der Waals surface area contributed by atoms with Gasteiger partial charge in [-0.05, 0) is 61.2 Å². The van der Waals surface area contributed by atoms with Gasteiger partial charge in [0, 0.05) is 0 Å². The van der Waals surface area contributed by atoms with Crippen LogP contribution in [0, 0.1) is 29.1 Å². The summed E-state index contributed by atoms with van der Waals surface area (Å²) in [5, 5.41) is 11.1. The molecular weight excluding hydrogens is 232 g/mol. The zero-order chi connectivity index (χ0) is 14.0. The van der Waals surface area contributed by atoms with Crippen molar-refractivity contribution in [2.45, 2.75) is 85.2 Å². The first-order valence-corrected chi connectivity index (χ1v) is 8.62. The normalized spacial score (nSPS) is 36.6. The maximum Gasteiger partial charge on any atom is 0.0624 e. The molecule has 2 rings (SSSR count). The van der Waals surface area contributed by atoms with Crippen LogP contribution < -0.4 is 0 Å². The lowest BCUT2D eigenvalue weighted by Gasteiger charge is -2.44. The Morgan fingerprint density at radius 3 is 2.21 bits per heavy atom. The van der Waals surface area contributed by atoms with Gasteiger partial charge in [0.2, 0.25) is 0 Å². The maximum absolute atomic E-state index is 11.1. The minimum absolute atomic E-state index is 0.0349. The lowest BCUT2D eigenvalue weighted by atomic mass is 9.64. The average molecular weight is 266 g/mol. The third-order valence-corrected chi connectivity index (χ3v) is 6.13. The highest BCUT2D eigenvalue weighted by Crippen LogP contribution is 2.50. The van der Waals surface area contributed by atoms with E-state index < -0.39 is 0 Å². The molecule has 1 nitrogen and oxygen atoms in total. The second kappa shape index (κ2) is 6.16. The fourth-order valence-electron chi connectivity index (χ4n) is 4.89. The van der Waals surface area contributed by atoms with Gasteiger partial charge in [-0.2, -0.15) is 0 Å². The Hall–Kier alpha value is -0.0400.